The number of rotatable bonds is 5. The molecule has 32 heavy (non-hydrogen) atoms. The van der Waals surface area contributed by atoms with Crippen molar-refractivity contribution in [3.63, 3.8) is 0 Å². The highest BCUT2D eigenvalue weighted by atomic mass is 16.1. The molecule has 0 bridgehead atoms. The summed E-state index contributed by atoms with van der Waals surface area (Å²) in [5, 5.41) is 20.9. The predicted molar refractivity (Wildman–Crippen MR) is 121 cm³/mol. The van der Waals surface area contributed by atoms with Crippen molar-refractivity contribution in [2.24, 2.45) is 7.05 Å². The lowest BCUT2D eigenvalue weighted by atomic mass is 10.0. The second kappa shape index (κ2) is 7.97. The summed E-state index contributed by atoms with van der Waals surface area (Å²) in [4.78, 5) is 21.2. The number of carbonyl (C=O) groups excluding carboxylic acids is 1. The molecule has 0 unspecified atom stereocenters. The smallest absolute Gasteiger partial charge is 0.257 e. The maximum Gasteiger partial charge on any atom is 0.257 e. The topological polar surface area (TPSA) is 105 Å². The molecule has 1 aliphatic rings. The number of amides is 1. The number of benzene rings is 1. The van der Waals surface area contributed by atoms with Crippen LogP contribution in [0.3, 0.4) is 0 Å². The molecule has 5 rings (SSSR count). The number of nitrogens with one attached hydrogen (secondary N) is 1. The van der Waals surface area contributed by atoms with Gasteiger partial charge in [-0.3, -0.25) is 14.5 Å². The molecule has 4 aromatic rings. The first-order valence-corrected chi connectivity index (χ1v) is 10.3. The number of nitrogens with zero attached hydrogens (tertiary/aromatic N) is 8. The standard InChI is InChI=1S/C22H23N9O/c1-29(2)16-11-31(12-16)20-17-10-15(19-13-30(3)28-26-19)4-5-18(17)25-27-21(20)24-22(32)14-6-8-23-9-7-14/h4-10,13,16H,11-12H2,1-3H3,(H,24,27,32). The fraction of sp³-hybridized carbons (Fsp3) is 0.273. The van der Waals surface area contributed by atoms with Crippen LogP contribution in [0.5, 0.6) is 0 Å². The van der Waals surface area contributed by atoms with Crippen LogP contribution in [0.4, 0.5) is 11.5 Å². The lowest BCUT2D eigenvalue weighted by Gasteiger charge is -2.44. The molecule has 0 saturated carbocycles. The molecular formula is C22H23N9O. The maximum atomic E-state index is 12.8. The molecule has 1 amide bonds. The van der Waals surface area contributed by atoms with E-state index in [0.717, 1.165) is 40.9 Å². The lowest BCUT2D eigenvalue weighted by Crippen LogP contribution is -2.57. The zero-order chi connectivity index (χ0) is 22.2. The number of likely N-dealkylation sites (N-methyl/N-ethyl adjacent to an activating group) is 1. The van der Waals surface area contributed by atoms with Crippen molar-refractivity contribution < 1.29 is 4.79 Å². The molecule has 10 nitrogen and oxygen atoms in total. The number of aromatic nitrogens is 6. The van der Waals surface area contributed by atoms with Crippen molar-refractivity contribution in [2.75, 3.05) is 37.4 Å². The Morgan fingerprint density at radius 1 is 1.09 bits per heavy atom. The number of aryl methyl sites for hydroxylation is 1. The second-order valence-corrected chi connectivity index (χ2v) is 8.12. The summed E-state index contributed by atoms with van der Waals surface area (Å²) in [6, 6.07) is 9.69. The van der Waals surface area contributed by atoms with E-state index in [0.29, 0.717) is 17.4 Å². The monoisotopic (exact) mass is 429 g/mol. The molecule has 0 radical (unpaired) electrons. The first kappa shape index (κ1) is 20.0. The van der Waals surface area contributed by atoms with Crippen LogP contribution in [0.2, 0.25) is 0 Å². The highest BCUT2D eigenvalue weighted by Crippen LogP contribution is 2.37. The van der Waals surface area contributed by atoms with E-state index in [1.165, 1.54) is 0 Å². The van der Waals surface area contributed by atoms with Gasteiger partial charge in [-0.25, -0.2) is 0 Å². The Balaban J connectivity index is 1.59. The molecule has 1 N–H and O–H groups in total. The average Bonchev–Trinajstić information content (AvgIpc) is 3.20. The second-order valence-electron chi connectivity index (χ2n) is 8.12. The molecule has 3 aromatic heterocycles. The van der Waals surface area contributed by atoms with Gasteiger partial charge < -0.3 is 15.1 Å². The van der Waals surface area contributed by atoms with Gasteiger partial charge >= 0.3 is 0 Å². The summed E-state index contributed by atoms with van der Waals surface area (Å²) >= 11 is 0. The van der Waals surface area contributed by atoms with Gasteiger partial charge in [-0.1, -0.05) is 11.3 Å². The van der Waals surface area contributed by atoms with Crippen molar-refractivity contribution in [3.8, 4) is 11.3 Å². The lowest BCUT2D eigenvalue weighted by molar-refractivity contribution is 0.102. The van der Waals surface area contributed by atoms with Crippen molar-refractivity contribution >= 4 is 28.3 Å². The summed E-state index contributed by atoms with van der Waals surface area (Å²) in [5.74, 6) is 0.185. The van der Waals surface area contributed by atoms with Crippen LogP contribution in [-0.2, 0) is 7.05 Å². The predicted octanol–water partition coefficient (Wildman–Crippen LogP) is 1.82. The molecular weight excluding hydrogens is 406 g/mol. The average molecular weight is 429 g/mol. The van der Waals surface area contributed by atoms with E-state index in [2.05, 4.69) is 54.7 Å². The van der Waals surface area contributed by atoms with Gasteiger partial charge in [0.1, 0.15) is 5.69 Å². The Morgan fingerprint density at radius 3 is 2.56 bits per heavy atom. The number of hydrogen-bond acceptors (Lipinski definition) is 8. The minimum absolute atomic E-state index is 0.253. The molecule has 1 saturated heterocycles. The molecule has 4 heterocycles. The summed E-state index contributed by atoms with van der Waals surface area (Å²) in [5.41, 5.74) is 3.82. The van der Waals surface area contributed by atoms with Gasteiger partial charge in [0.05, 0.1) is 17.4 Å². The minimum atomic E-state index is -0.253. The van der Waals surface area contributed by atoms with Crippen molar-refractivity contribution in [2.45, 2.75) is 6.04 Å². The van der Waals surface area contributed by atoms with Crippen LogP contribution >= 0.6 is 0 Å². The van der Waals surface area contributed by atoms with Crippen molar-refractivity contribution in [3.05, 3.63) is 54.5 Å². The zero-order valence-electron chi connectivity index (χ0n) is 18.1. The number of carbonyl (C=O) groups is 1. The van der Waals surface area contributed by atoms with E-state index < -0.39 is 0 Å². The Kier molecular flexibility index (Phi) is 4.98. The Bertz CT molecular complexity index is 1280. The largest absolute Gasteiger partial charge is 0.365 e. The van der Waals surface area contributed by atoms with Crippen molar-refractivity contribution in [1.29, 1.82) is 0 Å². The fourth-order valence-corrected chi connectivity index (χ4v) is 3.78. The van der Waals surface area contributed by atoms with E-state index in [-0.39, 0.29) is 5.91 Å². The maximum absolute atomic E-state index is 12.8. The first-order chi connectivity index (χ1) is 15.5. The van der Waals surface area contributed by atoms with Gasteiger partial charge in [0.2, 0.25) is 0 Å². The molecule has 0 aliphatic carbocycles. The molecule has 1 aliphatic heterocycles. The van der Waals surface area contributed by atoms with E-state index >= 15 is 0 Å². The third kappa shape index (κ3) is 3.65. The normalized spacial score (nSPS) is 14.1. The summed E-state index contributed by atoms with van der Waals surface area (Å²) in [6.07, 6.45) is 5.05. The van der Waals surface area contributed by atoms with Gasteiger partial charge in [0.25, 0.3) is 5.91 Å². The molecule has 0 atom stereocenters. The van der Waals surface area contributed by atoms with Gasteiger partial charge in [0, 0.05) is 55.1 Å². The van der Waals surface area contributed by atoms with Gasteiger partial charge in [-0.2, -0.15) is 0 Å². The highest BCUT2D eigenvalue weighted by molar-refractivity contribution is 6.08. The molecule has 162 valence electrons. The van der Waals surface area contributed by atoms with Crippen LogP contribution < -0.4 is 10.2 Å². The Morgan fingerprint density at radius 2 is 1.88 bits per heavy atom. The molecule has 10 heteroatoms. The summed E-state index contributed by atoms with van der Waals surface area (Å²) in [7, 11) is 5.98. The quantitative estimate of drug-likeness (QED) is 0.512. The van der Waals surface area contributed by atoms with Crippen molar-refractivity contribution in [1.82, 2.24) is 35.1 Å². The van der Waals surface area contributed by atoms with Crippen LogP contribution in [0.15, 0.2) is 48.9 Å². The number of anilines is 2. The van der Waals surface area contributed by atoms with E-state index in [1.807, 2.05) is 31.4 Å². The first-order valence-electron chi connectivity index (χ1n) is 10.3. The highest BCUT2D eigenvalue weighted by Gasteiger charge is 2.32. The molecule has 1 fully saturated rings. The molecule has 1 aromatic carbocycles. The number of fused-ring (bicyclic) bond motifs is 1. The fourth-order valence-electron chi connectivity index (χ4n) is 3.78. The third-order valence-electron chi connectivity index (χ3n) is 5.72. The van der Waals surface area contributed by atoms with E-state index in [9.17, 15) is 4.79 Å². The number of pyridine rings is 1. The van der Waals surface area contributed by atoms with Gasteiger partial charge in [0.15, 0.2) is 5.82 Å². The Labute approximate surface area is 184 Å². The summed E-state index contributed by atoms with van der Waals surface area (Å²) < 4.78 is 1.67. The van der Waals surface area contributed by atoms with E-state index in [4.69, 9.17) is 0 Å². The SMILES string of the molecule is CN(C)C1CN(c2c(NC(=O)c3ccncc3)nnc3ccc(-c4cn(C)nn4)cc23)C1. The van der Waals surface area contributed by atoms with Gasteiger partial charge in [-0.05, 0) is 38.4 Å². The number of hydrogen-bond donors (Lipinski definition) is 1. The summed E-state index contributed by atoms with van der Waals surface area (Å²) in [6.45, 7) is 1.67. The van der Waals surface area contributed by atoms with Crippen LogP contribution in [-0.4, -0.2) is 74.2 Å². The van der Waals surface area contributed by atoms with E-state index in [1.54, 1.807) is 29.2 Å². The zero-order valence-corrected chi connectivity index (χ0v) is 18.1. The van der Waals surface area contributed by atoms with Gasteiger partial charge in [-0.15, -0.1) is 15.3 Å². The van der Waals surface area contributed by atoms with Crippen LogP contribution in [0, 0.1) is 0 Å². The van der Waals surface area contributed by atoms with Crippen LogP contribution in [0.25, 0.3) is 22.2 Å². The molecule has 0 spiro atoms. The Hall–Kier alpha value is -3.92. The van der Waals surface area contributed by atoms with Crippen LogP contribution in [0.1, 0.15) is 10.4 Å². The minimum Gasteiger partial charge on any atom is -0.365 e. The third-order valence-corrected chi connectivity index (χ3v) is 5.72.